The highest BCUT2D eigenvalue weighted by molar-refractivity contribution is 6.30. The van der Waals surface area contributed by atoms with E-state index in [4.69, 9.17) is 11.6 Å². The van der Waals surface area contributed by atoms with Gasteiger partial charge in [0.1, 0.15) is 6.04 Å². The number of non-ortho nitro benzene ring substituents is 1. The van der Waals surface area contributed by atoms with E-state index in [0.717, 1.165) is 0 Å². The zero-order chi connectivity index (χ0) is 20.5. The molecule has 0 saturated carbocycles. The van der Waals surface area contributed by atoms with Crippen LogP contribution < -0.4 is 10.6 Å². The van der Waals surface area contributed by atoms with Crippen molar-refractivity contribution in [3.63, 3.8) is 0 Å². The van der Waals surface area contributed by atoms with Crippen LogP contribution in [0.4, 0.5) is 17.3 Å². The molecule has 10 nitrogen and oxygen atoms in total. The third kappa shape index (κ3) is 3.52. The van der Waals surface area contributed by atoms with Gasteiger partial charge < -0.3 is 10.6 Å². The average molecular weight is 412 g/mol. The molecule has 0 aliphatic carbocycles. The van der Waals surface area contributed by atoms with E-state index in [0.29, 0.717) is 33.5 Å². The second-order valence-corrected chi connectivity index (χ2v) is 6.76. The van der Waals surface area contributed by atoms with E-state index in [-0.39, 0.29) is 11.6 Å². The molecule has 2 aromatic carbocycles. The Morgan fingerprint density at radius 3 is 2.55 bits per heavy atom. The largest absolute Gasteiger partial charge is 0.326 e. The third-order valence-electron chi connectivity index (χ3n) is 4.48. The number of carbonyl (C=O) groups is 1. The van der Waals surface area contributed by atoms with Gasteiger partial charge in [-0.3, -0.25) is 14.9 Å². The van der Waals surface area contributed by atoms with Crippen molar-refractivity contribution in [1.29, 1.82) is 0 Å². The summed E-state index contributed by atoms with van der Waals surface area (Å²) in [7, 11) is 0. The molecule has 3 aromatic rings. The quantitative estimate of drug-likeness (QED) is 0.498. The number of carbonyl (C=O) groups excluding carboxylic acids is 1. The van der Waals surface area contributed by atoms with Crippen molar-refractivity contribution >= 4 is 34.8 Å². The molecule has 1 aliphatic rings. The minimum Gasteiger partial charge on any atom is -0.326 e. The fourth-order valence-electron chi connectivity index (χ4n) is 3.12. The molecule has 2 N–H and O–H groups in total. The number of anilines is 2. The highest BCUT2D eigenvalue weighted by Crippen LogP contribution is 2.35. The number of amides is 1. The van der Waals surface area contributed by atoms with Crippen LogP contribution in [0.25, 0.3) is 0 Å². The number of hydrogen-bond acceptors (Lipinski definition) is 7. The second-order valence-electron chi connectivity index (χ2n) is 6.32. The number of hydrogen-bond donors (Lipinski definition) is 2. The minimum atomic E-state index is -0.658. The normalized spacial score (nSPS) is 15.4. The van der Waals surface area contributed by atoms with Crippen molar-refractivity contribution in [3.8, 4) is 0 Å². The number of tetrazole rings is 1. The molecule has 146 valence electrons. The second kappa shape index (κ2) is 7.32. The van der Waals surface area contributed by atoms with Crippen LogP contribution in [0, 0.1) is 10.1 Å². The molecule has 1 aromatic heterocycles. The summed E-state index contributed by atoms with van der Waals surface area (Å²) < 4.78 is 1.46. The molecule has 1 aliphatic heterocycles. The van der Waals surface area contributed by atoms with Gasteiger partial charge in [-0.2, -0.15) is 4.68 Å². The molecule has 0 spiro atoms. The number of nitro groups is 1. The molecule has 0 saturated heterocycles. The van der Waals surface area contributed by atoms with E-state index in [1.54, 1.807) is 43.3 Å². The molecule has 29 heavy (non-hydrogen) atoms. The van der Waals surface area contributed by atoms with Gasteiger partial charge in [0.25, 0.3) is 11.6 Å². The number of nitrogens with zero attached hydrogens (tertiary/aromatic N) is 5. The topological polar surface area (TPSA) is 128 Å². The van der Waals surface area contributed by atoms with Gasteiger partial charge in [-0.25, -0.2) is 0 Å². The van der Waals surface area contributed by atoms with Gasteiger partial charge in [0, 0.05) is 28.5 Å². The first-order valence-electron chi connectivity index (χ1n) is 8.51. The van der Waals surface area contributed by atoms with Gasteiger partial charge in [0.15, 0.2) is 0 Å². The number of nitrogens with one attached hydrogen (secondary N) is 2. The Bertz CT molecular complexity index is 1120. The lowest BCUT2D eigenvalue weighted by Gasteiger charge is -2.27. The number of allylic oxidation sites excluding steroid dienone is 1. The Labute approximate surface area is 169 Å². The molecular weight excluding hydrogens is 398 g/mol. The van der Waals surface area contributed by atoms with Crippen molar-refractivity contribution in [1.82, 2.24) is 20.2 Å². The smallest absolute Gasteiger partial charge is 0.269 e. The summed E-state index contributed by atoms with van der Waals surface area (Å²) >= 11 is 5.90. The number of nitro benzene ring substituents is 1. The summed E-state index contributed by atoms with van der Waals surface area (Å²) in [6.07, 6.45) is 0. The maximum absolute atomic E-state index is 13.1. The number of rotatable bonds is 4. The van der Waals surface area contributed by atoms with Gasteiger partial charge in [-0.15, -0.1) is 0 Å². The van der Waals surface area contributed by atoms with Gasteiger partial charge >= 0.3 is 0 Å². The van der Waals surface area contributed by atoms with Crippen LogP contribution >= 0.6 is 11.6 Å². The predicted molar refractivity (Wildman–Crippen MR) is 105 cm³/mol. The molecule has 0 bridgehead atoms. The van der Waals surface area contributed by atoms with Crippen LogP contribution in [-0.4, -0.2) is 31.0 Å². The van der Waals surface area contributed by atoms with E-state index in [9.17, 15) is 14.9 Å². The molecule has 11 heteroatoms. The third-order valence-corrected chi connectivity index (χ3v) is 4.73. The zero-order valence-corrected chi connectivity index (χ0v) is 15.8. The standard InChI is InChI=1S/C18H14ClN7O3/c1-10-15(17(27)21-13-6-4-12(19)5-7-13)16(25-18(20-10)22-23-24-25)11-2-8-14(9-3-11)26(28)29/h2-9,16H,1H3,(H,21,27)(H,20,22,24)/t16-/m0/s1. The Kier molecular flexibility index (Phi) is 4.69. The fourth-order valence-corrected chi connectivity index (χ4v) is 3.25. The highest BCUT2D eigenvalue weighted by Gasteiger charge is 2.34. The summed E-state index contributed by atoms with van der Waals surface area (Å²) in [5, 5.41) is 28.9. The lowest BCUT2D eigenvalue weighted by atomic mass is 9.95. The fraction of sp³-hybridized carbons (Fsp3) is 0.111. The van der Waals surface area contributed by atoms with Crippen LogP contribution in [0.1, 0.15) is 18.5 Å². The Morgan fingerprint density at radius 1 is 1.21 bits per heavy atom. The molecule has 1 amide bonds. The van der Waals surface area contributed by atoms with Crippen molar-refractivity contribution in [3.05, 3.63) is 80.5 Å². The summed E-state index contributed by atoms with van der Waals surface area (Å²) in [5.41, 5.74) is 2.11. The van der Waals surface area contributed by atoms with E-state index in [1.165, 1.54) is 16.8 Å². The maximum Gasteiger partial charge on any atom is 0.269 e. The van der Waals surface area contributed by atoms with Gasteiger partial charge in [-0.1, -0.05) is 16.7 Å². The molecule has 4 rings (SSSR count). The monoisotopic (exact) mass is 411 g/mol. The van der Waals surface area contributed by atoms with E-state index >= 15 is 0 Å². The zero-order valence-electron chi connectivity index (χ0n) is 15.0. The first kappa shape index (κ1) is 18.6. The molecule has 0 unspecified atom stereocenters. The van der Waals surface area contributed by atoms with Crippen molar-refractivity contribution in [2.75, 3.05) is 10.6 Å². The van der Waals surface area contributed by atoms with Crippen molar-refractivity contribution < 1.29 is 9.72 Å². The predicted octanol–water partition coefficient (Wildman–Crippen LogP) is 3.16. The SMILES string of the molecule is CC1=C(C(=O)Nc2ccc(Cl)cc2)[C@H](c2ccc([N+](=O)[O-])cc2)n2nnnc2N1. The van der Waals surface area contributed by atoms with E-state index in [1.807, 2.05) is 0 Å². The summed E-state index contributed by atoms with van der Waals surface area (Å²) in [4.78, 5) is 23.6. The van der Waals surface area contributed by atoms with Gasteiger partial charge in [0.05, 0.1) is 10.5 Å². The Balaban J connectivity index is 1.74. The van der Waals surface area contributed by atoms with Crippen LogP contribution in [0.2, 0.25) is 5.02 Å². The van der Waals surface area contributed by atoms with Crippen LogP contribution in [0.5, 0.6) is 0 Å². The van der Waals surface area contributed by atoms with E-state index in [2.05, 4.69) is 26.2 Å². The van der Waals surface area contributed by atoms with Crippen molar-refractivity contribution in [2.45, 2.75) is 13.0 Å². The first-order chi connectivity index (χ1) is 13.9. The van der Waals surface area contributed by atoms with Gasteiger partial charge in [0.2, 0.25) is 5.95 Å². The average Bonchev–Trinajstić information content (AvgIpc) is 3.16. The summed E-state index contributed by atoms with van der Waals surface area (Å²) in [6.45, 7) is 1.74. The summed E-state index contributed by atoms with van der Waals surface area (Å²) in [5.74, 6) is 0.00993. The minimum absolute atomic E-state index is 0.0486. The van der Waals surface area contributed by atoms with Crippen LogP contribution in [0.3, 0.4) is 0 Å². The van der Waals surface area contributed by atoms with Crippen LogP contribution in [-0.2, 0) is 4.79 Å². The lowest BCUT2D eigenvalue weighted by molar-refractivity contribution is -0.384. The molecule has 1 atom stereocenters. The first-order valence-corrected chi connectivity index (χ1v) is 8.89. The number of halogens is 1. The molecule has 2 heterocycles. The maximum atomic E-state index is 13.1. The molecule has 0 fully saturated rings. The lowest BCUT2D eigenvalue weighted by Crippen LogP contribution is -2.31. The Morgan fingerprint density at radius 2 is 1.90 bits per heavy atom. The van der Waals surface area contributed by atoms with Crippen molar-refractivity contribution in [2.24, 2.45) is 0 Å². The number of benzene rings is 2. The molecule has 0 radical (unpaired) electrons. The van der Waals surface area contributed by atoms with Crippen LogP contribution in [0.15, 0.2) is 59.8 Å². The number of fused-ring (bicyclic) bond motifs is 1. The highest BCUT2D eigenvalue weighted by atomic mass is 35.5. The summed E-state index contributed by atoms with van der Waals surface area (Å²) in [6, 6.07) is 12.0. The van der Waals surface area contributed by atoms with Gasteiger partial charge in [-0.05, 0) is 59.3 Å². The number of aromatic nitrogens is 4. The Hall–Kier alpha value is -3.79. The van der Waals surface area contributed by atoms with E-state index < -0.39 is 11.0 Å². The molecular formula is C18H14ClN7O3.